The number of fused-ring (bicyclic) bond motifs is 1. The van der Waals surface area contributed by atoms with Gasteiger partial charge in [0.15, 0.2) is 0 Å². The van der Waals surface area contributed by atoms with Gasteiger partial charge < -0.3 is 0 Å². The summed E-state index contributed by atoms with van der Waals surface area (Å²) in [5.41, 5.74) is 2.10. The van der Waals surface area contributed by atoms with Crippen molar-refractivity contribution in [3.05, 3.63) is 87.9 Å². The Hall–Kier alpha value is -2.43. The molecule has 2 aromatic carbocycles. The van der Waals surface area contributed by atoms with E-state index < -0.39 is 0 Å². The zero-order valence-electron chi connectivity index (χ0n) is 12.6. The molecule has 0 radical (unpaired) electrons. The minimum atomic E-state index is -0.0200. The highest BCUT2D eigenvalue weighted by Crippen LogP contribution is 2.30. The largest absolute Gasteiger partial charge is 0.294 e. The van der Waals surface area contributed by atoms with E-state index in [1.807, 2.05) is 60.7 Å². The maximum absolute atomic E-state index is 12.7. The Labute approximate surface area is 147 Å². The molecule has 3 nitrogen and oxygen atoms in total. The van der Waals surface area contributed by atoms with Crippen LogP contribution in [0.1, 0.15) is 5.56 Å². The van der Waals surface area contributed by atoms with Gasteiger partial charge >= 0.3 is 0 Å². The number of benzene rings is 2. The number of hydrogen-bond donors (Lipinski definition) is 0. The molecule has 5 heteroatoms. The van der Waals surface area contributed by atoms with Gasteiger partial charge in [0.05, 0.1) is 18.3 Å². The molecule has 118 valence electrons. The molecule has 0 aliphatic heterocycles. The predicted molar refractivity (Wildman–Crippen MR) is 99.9 cm³/mol. The smallest absolute Gasteiger partial charge is 0.262 e. The molecule has 0 aliphatic carbocycles. The standard InChI is InChI=1S/C19H13ClN2OS/c20-15-8-6-13(7-9-15)11-22-12-21-18-16(19(22)23)10-17(24-18)14-4-2-1-3-5-14/h1-10,12H,11H2. The topological polar surface area (TPSA) is 34.9 Å². The molecule has 0 fully saturated rings. The summed E-state index contributed by atoms with van der Waals surface area (Å²) < 4.78 is 1.63. The molecule has 2 heterocycles. The van der Waals surface area contributed by atoms with Crippen molar-refractivity contribution in [1.29, 1.82) is 0 Å². The minimum Gasteiger partial charge on any atom is -0.294 e. The molecule has 0 amide bonds. The Morgan fingerprint density at radius 1 is 1.04 bits per heavy atom. The summed E-state index contributed by atoms with van der Waals surface area (Å²) in [4.78, 5) is 19.0. The Morgan fingerprint density at radius 2 is 1.79 bits per heavy atom. The van der Waals surface area contributed by atoms with Gasteiger partial charge in [-0.05, 0) is 29.3 Å². The summed E-state index contributed by atoms with van der Waals surface area (Å²) in [6.45, 7) is 0.482. The van der Waals surface area contributed by atoms with Crippen LogP contribution in [-0.2, 0) is 6.54 Å². The number of halogens is 1. The van der Waals surface area contributed by atoms with Crippen molar-refractivity contribution in [2.75, 3.05) is 0 Å². The zero-order chi connectivity index (χ0) is 16.5. The fraction of sp³-hybridized carbons (Fsp3) is 0.0526. The maximum Gasteiger partial charge on any atom is 0.262 e. The quantitative estimate of drug-likeness (QED) is 0.529. The van der Waals surface area contributed by atoms with E-state index in [9.17, 15) is 4.79 Å². The number of aromatic nitrogens is 2. The first kappa shape index (κ1) is 15.1. The minimum absolute atomic E-state index is 0.0200. The Morgan fingerprint density at radius 3 is 2.54 bits per heavy atom. The number of rotatable bonds is 3. The lowest BCUT2D eigenvalue weighted by molar-refractivity contribution is 0.749. The van der Waals surface area contributed by atoms with Crippen LogP contribution in [0.5, 0.6) is 0 Å². The van der Waals surface area contributed by atoms with Crippen molar-refractivity contribution in [2.24, 2.45) is 0 Å². The summed E-state index contributed by atoms with van der Waals surface area (Å²) in [5, 5.41) is 1.35. The van der Waals surface area contributed by atoms with Gasteiger partial charge in [-0.3, -0.25) is 9.36 Å². The Kier molecular flexibility index (Phi) is 3.92. The molecule has 0 N–H and O–H groups in total. The number of hydrogen-bond acceptors (Lipinski definition) is 3. The van der Waals surface area contributed by atoms with Crippen LogP contribution in [0.3, 0.4) is 0 Å². The summed E-state index contributed by atoms with van der Waals surface area (Å²) >= 11 is 7.45. The van der Waals surface area contributed by atoms with Crippen molar-refractivity contribution in [3.8, 4) is 10.4 Å². The first-order chi connectivity index (χ1) is 11.7. The highest BCUT2D eigenvalue weighted by atomic mass is 35.5. The van der Waals surface area contributed by atoms with Gasteiger partial charge in [-0.15, -0.1) is 11.3 Å². The second kappa shape index (κ2) is 6.23. The molecule has 0 saturated carbocycles. The lowest BCUT2D eigenvalue weighted by Crippen LogP contribution is -2.20. The monoisotopic (exact) mass is 352 g/mol. The third-order valence-corrected chi connectivity index (χ3v) is 5.19. The Bertz CT molecular complexity index is 1050. The van der Waals surface area contributed by atoms with Crippen molar-refractivity contribution in [1.82, 2.24) is 9.55 Å². The van der Waals surface area contributed by atoms with Gasteiger partial charge in [0, 0.05) is 9.90 Å². The SMILES string of the molecule is O=c1c2cc(-c3ccccc3)sc2ncn1Cc1ccc(Cl)cc1. The molecule has 24 heavy (non-hydrogen) atoms. The van der Waals surface area contributed by atoms with Crippen LogP contribution in [-0.4, -0.2) is 9.55 Å². The van der Waals surface area contributed by atoms with Crippen LogP contribution >= 0.6 is 22.9 Å². The van der Waals surface area contributed by atoms with Gasteiger partial charge in [0.2, 0.25) is 0 Å². The van der Waals surface area contributed by atoms with Crippen LogP contribution in [0.4, 0.5) is 0 Å². The highest BCUT2D eigenvalue weighted by Gasteiger charge is 2.10. The van der Waals surface area contributed by atoms with Crippen LogP contribution in [0.25, 0.3) is 20.7 Å². The third kappa shape index (κ3) is 2.86. The third-order valence-electron chi connectivity index (χ3n) is 3.84. The van der Waals surface area contributed by atoms with Crippen molar-refractivity contribution in [3.63, 3.8) is 0 Å². The van der Waals surface area contributed by atoms with E-state index in [0.29, 0.717) is 17.0 Å². The van der Waals surface area contributed by atoms with E-state index >= 15 is 0 Å². The van der Waals surface area contributed by atoms with Crippen LogP contribution in [0.15, 0.2) is 71.8 Å². The van der Waals surface area contributed by atoms with E-state index in [1.165, 1.54) is 11.3 Å². The molecule has 0 unspecified atom stereocenters. The highest BCUT2D eigenvalue weighted by molar-refractivity contribution is 7.21. The molecular formula is C19H13ClN2OS. The molecule has 2 aromatic heterocycles. The first-order valence-electron chi connectivity index (χ1n) is 7.49. The summed E-state index contributed by atoms with van der Waals surface area (Å²) in [7, 11) is 0. The second-order valence-electron chi connectivity index (χ2n) is 5.50. The maximum atomic E-state index is 12.7. The average Bonchev–Trinajstić information content (AvgIpc) is 3.05. The fourth-order valence-electron chi connectivity index (χ4n) is 2.60. The average molecular weight is 353 g/mol. The first-order valence-corrected chi connectivity index (χ1v) is 8.69. The second-order valence-corrected chi connectivity index (χ2v) is 6.97. The van der Waals surface area contributed by atoms with Gasteiger partial charge in [-0.25, -0.2) is 4.98 Å². The van der Waals surface area contributed by atoms with Crippen molar-refractivity contribution >= 4 is 33.2 Å². The zero-order valence-corrected chi connectivity index (χ0v) is 14.2. The Balaban J connectivity index is 1.75. The summed E-state index contributed by atoms with van der Waals surface area (Å²) in [6.07, 6.45) is 1.62. The molecule has 0 aliphatic rings. The lowest BCUT2D eigenvalue weighted by atomic mass is 10.2. The van der Waals surface area contributed by atoms with Crippen LogP contribution in [0, 0.1) is 0 Å². The van der Waals surface area contributed by atoms with Gasteiger partial charge in [-0.2, -0.15) is 0 Å². The molecule has 0 saturated heterocycles. The summed E-state index contributed by atoms with van der Waals surface area (Å²) in [5.74, 6) is 0. The van der Waals surface area contributed by atoms with E-state index in [-0.39, 0.29) is 5.56 Å². The fourth-order valence-corrected chi connectivity index (χ4v) is 3.72. The molecule has 0 atom stereocenters. The summed E-state index contributed by atoms with van der Waals surface area (Å²) in [6, 6.07) is 19.5. The number of nitrogens with zero attached hydrogens (tertiary/aromatic N) is 2. The molecule has 4 aromatic rings. The van der Waals surface area contributed by atoms with Gasteiger partial charge in [0.25, 0.3) is 5.56 Å². The molecule has 0 bridgehead atoms. The molecular weight excluding hydrogens is 340 g/mol. The van der Waals surface area contributed by atoms with Crippen LogP contribution < -0.4 is 5.56 Å². The molecule has 4 rings (SSSR count). The predicted octanol–water partition coefficient (Wildman–Crippen LogP) is 4.83. The lowest BCUT2D eigenvalue weighted by Gasteiger charge is -2.05. The normalized spacial score (nSPS) is 11.0. The van der Waals surface area contributed by atoms with Crippen molar-refractivity contribution in [2.45, 2.75) is 6.54 Å². The number of thiophene rings is 1. The van der Waals surface area contributed by atoms with Crippen molar-refractivity contribution < 1.29 is 0 Å². The van der Waals surface area contributed by atoms with Gasteiger partial charge in [0.1, 0.15) is 4.83 Å². The van der Waals surface area contributed by atoms with E-state index in [0.717, 1.165) is 20.8 Å². The van der Waals surface area contributed by atoms with Crippen LogP contribution in [0.2, 0.25) is 5.02 Å². The van der Waals surface area contributed by atoms with E-state index in [1.54, 1.807) is 10.9 Å². The van der Waals surface area contributed by atoms with E-state index in [4.69, 9.17) is 11.6 Å². The van der Waals surface area contributed by atoms with E-state index in [2.05, 4.69) is 4.98 Å². The van der Waals surface area contributed by atoms with Gasteiger partial charge in [-0.1, -0.05) is 54.1 Å². The molecule has 0 spiro atoms.